The number of ether oxygens (including phenoxy) is 1. The number of carbonyl (C=O) groups is 1. The molecule has 0 radical (unpaired) electrons. The van der Waals surface area contributed by atoms with Crippen LogP contribution in [0.2, 0.25) is 0 Å². The Morgan fingerprint density at radius 2 is 2.26 bits per heavy atom. The van der Waals surface area contributed by atoms with Crippen molar-refractivity contribution in [1.29, 1.82) is 0 Å². The molecule has 0 saturated heterocycles. The molecule has 0 fully saturated rings. The van der Waals surface area contributed by atoms with Crippen molar-refractivity contribution < 1.29 is 9.53 Å². The van der Waals surface area contributed by atoms with E-state index in [1.807, 2.05) is 24.4 Å². The highest BCUT2D eigenvalue weighted by molar-refractivity contribution is 7.15. The van der Waals surface area contributed by atoms with Crippen molar-refractivity contribution >= 4 is 28.0 Å². The highest BCUT2D eigenvalue weighted by Crippen LogP contribution is 2.21. The van der Waals surface area contributed by atoms with E-state index in [1.165, 1.54) is 28.9 Å². The summed E-state index contributed by atoms with van der Waals surface area (Å²) in [5.74, 6) is -0.396. The van der Waals surface area contributed by atoms with Crippen molar-refractivity contribution in [1.82, 2.24) is 9.38 Å². The van der Waals surface area contributed by atoms with E-state index in [2.05, 4.69) is 10.3 Å². The van der Waals surface area contributed by atoms with Crippen molar-refractivity contribution in [2.75, 3.05) is 12.4 Å². The van der Waals surface area contributed by atoms with Crippen LogP contribution in [-0.4, -0.2) is 22.5 Å². The van der Waals surface area contributed by atoms with E-state index in [1.54, 1.807) is 12.3 Å². The van der Waals surface area contributed by atoms with Crippen molar-refractivity contribution in [3.63, 3.8) is 0 Å². The third-order valence-electron chi connectivity index (χ3n) is 3.48. The van der Waals surface area contributed by atoms with Crippen LogP contribution in [0.1, 0.15) is 21.6 Å². The van der Waals surface area contributed by atoms with E-state index in [0.29, 0.717) is 28.5 Å². The second-order valence-electron chi connectivity index (χ2n) is 4.98. The van der Waals surface area contributed by atoms with Gasteiger partial charge in [0.1, 0.15) is 0 Å². The van der Waals surface area contributed by atoms with E-state index in [9.17, 15) is 9.59 Å². The van der Waals surface area contributed by atoms with E-state index in [-0.39, 0.29) is 5.56 Å². The average Bonchev–Trinajstić information content (AvgIpc) is 3.01. The minimum absolute atomic E-state index is 0.120. The third-order valence-corrected chi connectivity index (χ3v) is 4.24. The summed E-state index contributed by atoms with van der Waals surface area (Å²) in [7, 11) is 1.35. The maximum absolute atomic E-state index is 12.0. The minimum Gasteiger partial charge on any atom is -0.465 e. The molecule has 0 unspecified atom stereocenters. The third kappa shape index (κ3) is 2.95. The average molecular weight is 329 g/mol. The van der Waals surface area contributed by atoms with Crippen molar-refractivity contribution in [2.24, 2.45) is 0 Å². The number of fused-ring (bicyclic) bond motifs is 1. The molecule has 1 N–H and O–H groups in total. The second kappa shape index (κ2) is 6.21. The zero-order valence-electron chi connectivity index (χ0n) is 12.7. The van der Waals surface area contributed by atoms with Crippen molar-refractivity contribution in [3.8, 4) is 0 Å². The fraction of sp³-hybridized carbons (Fsp3) is 0.188. The molecule has 0 aliphatic heterocycles. The van der Waals surface area contributed by atoms with Gasteiger partial charge in [-0.3, -0.25) is 9.20 Å². The molecule has 7 heteroatoms. The number of aryl methyl sites for hydroxylation is 1. The normalized spacial score (nSPS) is 10.7. The van der Waals surface area contributed by atoms with Gasteiger partial charge >= 0.3 is 5.97 Å². The van der Waals surface area contributed by atoms with Crippen LogP contribution in [0.25, 0.3) is 4.96 Å². The molecular weight excluding hydrogens is 314 g/mol. The number of rotatable bonds is 4. The van der Waals surface area contributed by atoms with Gasteiger partial charge in [0, 0.05) is 23.3 Å². The lowest BCUT2D eigenvalue weighted by Gasteiger charge is -2.12. The van der Waals surface area contributed by atoms with Gasteiger partial charge in [0.15, 0.2) is 4.96 Å². The molecule has 0 saturated carbocycles. The van der Waals surface area contributed by atoms with E-state index in [0.717, 1.165) is 5.56 Å². The first-order valence-electron chi connectivity index (χ1n) is 6.97. The number of nitrogens with zero attached hydrogens (tertiary/aromatic N) is 2. The quantitative estimate of drug-likeness (QED) is 0.745. The predicted octanol–water partition coefficient (Wildman–Crippen LogP) is 2.46. The van der Waals surface area contributed by atoms with Crippen molar-refractivity contribution in [2.45, 2.75) is 13.5 Å². The minimum atomic E-state index is -0.396. The molecule has 0 aliphatic carbocycles. The lowest BCUT2D eigenvalue weighted by Crippen LogP contribution is -2.15. The molecule has 2 heterocycles. The number of anilines is 1. The fourth-order valence-corrected chi connectivity index (χ4v) is 3.09. The van der Waals surface area contributed by atoms with Gasteiger partial charge in [0.25, 0.3) is 5.56 Å². The smallest absolute Gasteiger partial charge is 0.340 e. The van der Waals surface area contributed by atoms with E-state index in [4.69, 9.17) is 4.74 Å². The Hall–Kier alpha value is -2.67. The lowest BCUT2D eigenvalue weighted by atomic mass is 10.1. The molecule has 3 aromatic rings. The summed E-state index contributed by atoms with van der Waals surface area (Å²) in [4.78, 5) is 29.0. The lowest BCUT2D eigenvalue weighted by molar-refractivity contribution is 0.0601. The number of esters is 1. The molecule has 0 spiro atoms. The number of carbonyl (C=O) groups excluding carboxylic acids is 1. The Morgan fingerprint density at radius 3 is 3.04 bits per heavy atom. The molecule has 23 heavy (non-hydrogen) atoms. The van der Waals surface area contributed by atoms with Gasteiger partial charge in [-0.05, 0) is 18.6 Å². The van der Waals surface area contributed by atoms with E-state index >= 15 is 0 Å². The molecule has 6 nitrogen and oxygen atoms in total. The highest BCUT2D eigenvalue weighted by Gasteiger charge is 2.14. The Morgan fingerprint density at radius 1 is 1.43 bits per heavy atom. The molecule has 3 rings (SSSR count). The van der Waals surface area contributed by atoms with Gasteiger partial charge in [0.2, 0.25) is 0 Å². The molecule has 0 aliphatic rings. The zero-order valence-corrected chi connectivity index (χ0v) is 13.5. The van der Waals surface area contributed by atoms with Gasteiger partial charge in [-0.25, -0.2) is 9.78 Å². The van der Waals surface area contributed by atoms with Crippen LogP contribution in [0.15, 0.2) is 40.6 Å². The summed E-state index contributed by atoms with van der Waals surface area (Å²) in [5.41, 5.74) is 2.47. The van der Waals surface area contributed by atoms with Gasteiger partial charge in [-0.2, -0.15) is 0 Å². The van der Waals surface area contributed by atoms with Crippen LogP contribution < -0.4 is 10.9 Å². The molecule has 118 valence electrons. The van der Waals surface area contributed by atoms with Crippen LogP contribution in [0.5, 0.6) is 0 Å². The number of nitrogens with one attached hydrogen (secondary N) is 1. The Balaban J connectivity index is 1.89. The van der Waals surface area contributed by atoms with Crippen LogP contribution in [0.4, 0.5) is 5.69 Å². The Kier molecular flexibility index (Phi) is 4.12. The zero-order chi connectivity index (χ0) is 16.4. The van der Waals surface area contributed by atoms with E-state index < -0.39 is 5.97 Å². The monoisotopic (exact) mass is 329 g/mol. The summed E-state index contributed by atoms with van der Waals surface area (Å²) >= 11 is 1.40. The summed E-state index contributed by atoms with van der Waals surface area (Å²) in [6.45, 7) is 2.19. The molecule has 2 aromatic heterocycles. The number of thiazole rings is 1. The first kappa shape index (κ1) is 15.2. The van der Waals surface area contributed by atoms with Crippen molar-refractivity contribution in [3.05, 3.63) is 63.0 Å². The first-order valence-corrected chi connectivity index (χ1v) is 7.85. The second-order valence-corrected chi connectivity index (χ2v) is 5.86. The Labute approximate surface area is 136 Å². The van der Waals surface area contributed by atoms with Crippen LogP contribution in [-0.2, 0) is 11.3 Å². The predicted molar refractivity (Wildman–Crippen MR) is 89.2 cm³/mol. The maximum Gasteiger partial charge on any atom is 0.340 e. The molecular formula is C16H15N3O3S. The number of methoxy groups -OCH3 is 1. The molecule has 0 amide bonds. The van der Waals surface area contributed by atoms with Gasteiger partial charge < -0.3 is 10.1 Å². The first-order chi connectivity index (χ1) is 11.1. The largest absolute Gasteiger partial charge is 0.465 e. The number of hydrogen-bond acceptors (Lipinski definition) is 6. The summed E-state index contributed by atoms with van der Waals surface area (Å²) < 4.78 is 6.33. The van der Waals surface area contributed by atoms with Gasteiger partial charge in [-0.15, -0.1) is 11.3 Å². The maximum atomic E-state index is 12.0. The van der Waals surface area contributed by atoms with Gasteiger partial charge in [-0.1, -0.05) is 12.1 Å². The van der Waals surface area contributed by atoms with Crippen LogP contribution in [0.3, 0.4) is 0 Å². The van der Waals surface area contributed by atoms with Gasteiger partial charge in [0.05, 0.1) is 24.9 Å². The summed E-state index contributed by atoms with van der Waals surface area (Å²) in [6.07, 6.45) is 1.70. The highest BCUT2D eigenvalue weighted by atomic mass is 32.1. The molecule has 0 atom stereocenters. The summed E-state index contributed by atoms with van der Waals surface area (Å²) in [6, 6.07) is 6.99. The Bertz CT molecular complexity index is 930. The summed E-state index contributed by atoms with van der Waals surface area (Å²) in [5, 5.41) is 4.98. The standard InChI is InChI=1S/C16H15N3O3S/c1-10-4-3-5-12(14(10)15(21)22-2)17-9-11-8-13(20)19-6-7-23-16(19)18-11/h3-8,17H,9H2,1-2H3. The topological polar surface area (TPSA) is 72.7 Å². The number of hydrogen-bond donors (Lipinski definition) is 1. The number of benzene rings is 1. The number of aromatic nitrogens is 2. The fourth-order valence-electron chi connectivity index (χ4n) is 2.35. The van der Waals surface area contributed by atoms with Crippen LogP contribution in [0, 0.1) is 6.92 Å². The molecule has 1 aromatic carbocycles. The molecule has 0 bridgehead atoms. The SMILES string of the molecule is COC(=O)c1c(C)cccc1NCc1cc(=O)n2ccsc2n1. The van der Waals surface area contributed by atoms with Crippen LogP contribution >= 0.6 is 11.3 Å².